The van der Waals surface area contributed by atoms with E-state index in [1.54, 1.807) is 24.3 Å². The largest absolute Gasteiger partial charge is 0.325 e. The Hall–Kier alpha value is -2.33. The molecule has 1 heterocycles. The van der Waals surface area contributed by atoms with Gasteiger partial charge < -0.3 is 9.88 Å². The van der Waals surface area contributed by atoms with Gasteiger partial charge in [-0.15, -0.1) is 10.2 Å². The molecule has 1 N–H and O–H groups in total. The van der Waals surface area contributed by atoms with Gasteiger partial charge in [-0.25, -0.2) is 0 Å². The van der Waals surface area contributed by atoms with Crippen LogP contribution in [0.2, 0.25) is 0 Å². The van der Waals surface area contributed by atoms with Crippen molar-refractivity contribution in [3.8, 4) is 6.07 Å². The van der Waals surface area contributed by atoms with E-state index < -0.39 is 0 Å². The molecule has 2 rings (SSSR count). The second kappa shape index (κ2) is 7.61. The van der Waals surface area contributed by atoms with E-state index in [2.05, 4.69) is 15.5 Å². The van der Waals surface area contributed by atoms with E-state index in [0.717, 1.165) is 23.9 Å². The molecule has 0 bridgehead atoms. The molecule has 0 aliphatic rings. The predicted molar refractivity (Wildman–Crippen MR) is 85.6 cm³/mol. The molecule has 1 aromatic carbocycles. The summed E-state index contributed by atoms with van der Waals surface area (Å²) in [6.45, 7) is 4.85. The molecule has 0 aliphatic carbocycles. The number of nitrogens with zero attached hydrogens (tertiary/aromatic N) is 4. The zero-order valence-corrected chi connectivity index (χ0v) is 13.4. The molecule has 114 valence electrons. The third-order valence-corrected chi connectivity index (χ3v) is 4.02. The third kappa shape index (κ3) is 3.86. The highest BCUT2D eigenvalue weighted by molar-refractivity contribution is 7.99. The molecule has 0 aliphatic heterocycles. The van der Waals surface area contributed by atoms with Crippen LogP contribution in [0.25, 0.3) is 0 Å². The highest BCUT2D eigenvalue weighted by atomic mass is 32.2. The Labute approximate surface area is 133 Å². The maximum Gasteiger partial charge on any atom is 0.234 e. The Morgan fingerprint density at radius 3 is 2.64 bits per heavy atom. The number of nitriles is 1. The van der Waals surface area contributed by atoms with Crippen molar-refractivity contribution in [1.29, 1.82) is 5.26 Å². The molecule has 0 atom stereocenters. The number of hydrogen-bond donors (Lipinski definition) is 1. The fourth-order valence-corrected chi connectivity index (χ4v) is 2.78. The Morgan fingerprint density at radius 2 is 2.05 bits per heavy atom. The Bertz CT molecular complexity index is 687. The van der Waals surface area contributed by atoms with E-state index in [4.69, 9.17) is 5.26 Å². The molecule has 2 aromatic rings. The number of carbonyl (C=O) groups excluding carboxylic acids is 1. The number of benzene rings is 1. The summed E-state index contributed by atoms with van der Waals surface area (Å²) in [5, 5.41) is 20.5. The van der Waals surface area contributed by atoms with Gasteiger partial charge >= 0.3 is 0 Å². The molecular weight excluding hydrogens is 298 g/mol. The molecule has 7 heteroatoms. The SMILES string of the molecule is CCc1nnc(SCC(=O)Nc2ccc(C#N)cc2)n1CC. The summed E-state index contributed by atoms with van der Waals surface area (Å²) in [6, 6.07) is 8.81. The van der Waals surface area contributed by atoms with Gasteiger partial charge in [-0.2, -0.15) is 5.26 Å². The first-order chi connectivity index (χ1) is 10.7. The molecular formula is C15H17N5OS. The van der Waals surface area contributed by atoms with Crippen LogP contribution in [0, 0.1) is 11.3 Å². The summed E-state index contributed by atoms with van der Waals surface area (Å²) in [5.74, 6) is 1.08. The van der Waals surface area contributed by atoms with Gasteiger partial charge in [-0.3, -0.25) is 4.79 Å². The molecule has 0 fully saturated rings. The van der Waals surface area contributed by atoms with Crippen molar-refractivity contribution in [2.45, 2.75) is 32.0 Å². The number of anilines is 1. The number of thioether (sulfide) groups is 1. The minimum atomic E-state index is -0.113. The van der Waals surface area contributed by atoms with Gasteiger partial charge in [0.05, 0.1) is 17.4 Å². The fraction of sp³-hybridized carbons (Fsp3) is 0.333. The van der Waals surface area contributed by atoms with Gasteiger partial charge in [-0.05, 0) is 31.2 Å². The number of aryl methyl sites for hydroxylation is 1. The number of carbonyl (C=O) groups is 1. The van der Waals surface area contributed by atoms with Crippen molar-refractivity contribution in [2.24, 2.45) is 0 Å². The summed E-state index contributed by atoms with van der Waals surface area (Å²) in [5.41, 5.74) is 1.24. The zero-order valence-electron chi connectivity index (χ0n) is 12.5. The first-order valence-corrected chi connectivity index (χ1v) is 8.01. The number of amides is 1. The van der Waals surface area contributed by atoms with Crippen LogP contribution in [-0.4, -0.2) is 26.4 Å². The second-order valence-corrected chi connectivity index (χ2v) is 5.47. The molecule has 0 saturated carbocycles. The molecule has 1 aromatic heterocycles. The average molecular weight is 315 g/mol. The van der Waals surface area contributed by atoms with Gasteiger partial charge in [-0.1, -0.05) is 18.7 Å². The number of nitrogens with one attached hydrogen (secondary N) is 1. The van der Waals surface area contributed by atoms with Gasteiger partial charge in [0, 0.05) is 18.7 Å². The van der Waals surface area contributed by atoms with Crippen molar-refractivity contribution >= 4 is 23.4 Å². The summed E-state index contributed by atoms with van der Waals surface area (Å²) in [7, 11) is 0. The fourth-order valence-electron chi connectivity index (χ4n) is 1.96. The van der Waals surface area contributed by atoms with Crippen LogP contribution in [-0.2, 0) is 17.8 Å². The van der Waals surface area contributed by atoms with E-state index in [1.807, 2.05) is 24.5 Å². The van der Waals surface area contributed by atoms with Crippen LogP contribution < -0.4 is 5.32 Å². The molecule has 1 amide bonds. The summed E-state index contributed by atoms with van der Waals surface area (Å²) in [6.07, 6.45) is 0.818. The van der Waals surface area contributed by atoms with Gasteiger partial charge in [0.15, 0.2) is 5.16 Å². The Balaban J connectivity index is 1.92. The number of rotatable bonds is 6. The minimum Gasteiger partial charge on any atom is -0.325 e. The van der Waals surface area contributed by atoms with Crippen LogP contribution in [0.4, 0.5) is 5.69 Å². The maximum atomic E-state index is 12.0. The van der Waals surface area contributed by atoms with E-state index in [1.165, 1.54) is 11.8 Å². The summed E-state index contributed by atoms with van der Waals surface area (Å²) in [4.78, 5) is 12.0. The molecule has 0 unspecified atom stereocenters. The smallest absolute Gasteiger partial charge is 0.234 e. The highest BCUT2D eigenvalue weighted by Gasteiger charge is 2.12. The van der Waals surface area contributed by atoms with Crippen molar-refractivity contribution in [2.75, 3.05) is 11.1 Å². The first-order valence-electron chi connectivity index (χ1n) is 7.02. The lowest BCUT2D eigenvalue weighted by Crippen LogP contribution is -2.14. The number of hydrogen-bond acceptors (Lipinski definition) is 5. The van der Waals surface area contributed by atoms with Gasteiger partial charge in [0.25, 0.3) is 0 Å². The first kappa shape index (κ1) is 16.0. The highest BCUT2D eigenvalue weighted by Crippen LogP contribution is 2.18. The number of aromatic nitrogens is 3. The minimum absolute atomic E-state index is 0.113. The monoisotopic (exact) mass is 315 g/mol. The molecule has 0 radical (unpaired) electrons. The molecule has 6 nitrogen and oxygen atoms in total. The lowest BCUT2D eigenvalue weighted by Gasteiger charge is -2.07. The van der Waals surface area contributed by atoms with Crippen LogP contribution in [0.3, 0.4) is 0 Å². The van der Waals surface area contributed by atoms with Gasteiger partial charge in [0.2, 0.25) is 5.91 Å². The van der Waals surface area contributed by atoms with Crippen LogP contribution in [0.5, 0.6) is 0 Å². The van der Waals surface area contributed by atoms with Crippen LogP contribution in [0.1, 0.15) is 25.2 Å². The Morgan fingerprint density at radius 1 is 1.32 bits per heavy atom. The van der Waals surface area contributed by atoms with Crippen LogP contribution in [0.15, 0.2) is 29.4 Å². The zero-order chi connectivity index (χ0) is 15.9. The third-order valence-electron chi connectivity index (χ3n) is 3.06. The second-order valence-electron chi connectivity index (χ2n) is 4.52. The topological polar surface area (TPSA) is 83.6 Å². The van der Waals surface area contributed by atoms with Crippen molar-refractivity contribution in [3.63, 3.8) is 0 Å². The summed E-state index contributed by atoms with van der Waals surface area (Å²) < 4.78 is 2.01. The van der Waals surface area contributed by atoms with E-state index in [9.17, 15) is 4.79 Å². The predicted octanol–water partition coefficient (Wildman–Crippen LogP) is 2.46. The van der Waals surface area contributed by atoms with Crippen molar-refractivity contribution in [1.82, 2.24) is 14.8 Å². The van der Waals surface area contributed by atoms with Gasteiger partial charge in [0.1, 0.15) is 5.82 Å². The summed E-state index contributed by atoms with van der Waals surface area (Å²) >= 11 is 1.37. The van der Waals surface area contributed by atoms with Crippen molar-refractivity contribution < 1.29 is 4.79 Å². The molecule has 0 spiro atoms. The van der Waals surface area contributed by atoms with E-state index >= 15 is 0 Å². The average Bonchev–Trinajstić information content (AvgIpc) is 2.95. The van der Waals surface area contributed by atoms with Crippen molar-refractivity contribution in [3.05, 3.63) is 35.7 Å². The Kier molecular flexibility index (Phi) is 5.55. The van der Waals surface area contributed by atoms with E-state index in [0.29, 0.717) is 11.3 Å². The van der Waals surface area contributed by atoms with E-state index in [-0.39, 0.29) is 11.7 Å². The quantitative estimate of drug-likeness (QED) is 0.828. The normalized spacial score (nSPS) is 10.2. The molecule has 0 saturated heterocycles. The lowest BCUT2D eigenvalue weighted by atomic mass is 10.2. The molecule has 22 heavy (non-hydrogen) atoms. The van der Waals surface area contributed by atoms with Crippen LogP contribution >= 0.6 is 11.8 Å². The lowest BCUT2D eigenvalue weighted by molar-refractivity contribution is -0.113. The maximum absolute atomic E-state index is 12.0. The standard InChI is InChI=1S/C15H17N5OS/c1-3-13-18-19-15(20(13)4-2)22-10-14(21)17-12-7-5-11(9-16)6-8-12/h5-8H,3-4,10H2,1-2H3,(H,17,21).